The van der Waals surface area contributed by atoms with Crippen molar-refractivity contribution in [2.75, 3.05) is 52.4 Å². The average molecular weight is 478 g/mol. The van der Waals surface area contributed by atoms with Crippen LogP contribution < -0.4 is 4.90 Å². The van der Waals surface area contributed by atoms with Crippen LogP contribution in [-0.4, -0.2) is 80.3 Å². The van der Waals surface area contributed by atoms with Crippen LogP contribution in [0.5, 0.6) is 0 Å². The molecule has 3 aliphatic heterocycles. The van der Waals surface area contributed by atoms with E-state index in [4.69, 9.17) is 4.74 Å². The zero-order chi connectivity index (χ0) is 24.7. The summed E-state index contributed by atoms with van der Waals surface area (Å²) in [5.41, 5.74) is 4.97. The van der Waals surface area contributed by atoms with Gasteiger partial charge in [-0.2, -0.15) is 0 Å². The number of hydrogen-bond donors (Lipinski definition) is 1. The minimum absolute atomic E-state index is 0.0119. The first-order valence-corrected chi connectivity index (χ1v) is 12.6. The number of aliphatic hydroxyl groups is 1. The number of carbonyl (C=O) groups is 2. The van der Waals surface area contributed by atoms with E-state index in [9.17, 15) is 14.7 Å². The maximum atomic E-state index is 13.6. The predicted molar refractivity (Wildman–Crippen MR) is 135 cm³/mol. The Bertz CT molecular complexity index is 1090. The molecule has 1 N–H and O–H groups in total. The van der Waals surface area contributed by atoms with Crippen molar-refractivity contribution in [3.8, 4) is 11.1 Å². The van der Waals surface area contributed by atoms with E-state index >= 15 is 0 Å². The Morgan fingerprint density at radius 3 is 2.37 bits per heavy atom. The summed E-state index contributed by atoms with van der Waals surface area (Å²) in [6.07, 6.45) is 2.45. The van der Waals surface area contributed by atoms with Gasteiger partial charge in [-0.3, -0.25) is 9.59 Å². The Morgan fingerprint density at radius 1 is 1.03 bits per heavy atom. The fourth-order valence-corrected chi connectivity index (χ4v) is 6.12. The molecular weight excluding hydrogens is 442 g/mol. The van der Waals surface area contributed by atoms with Gasteiger partial charge < -0.3 is 24.5 Å². The summed E-state index contributed by atoms with van der Waals surface area (Å²) in [4.78, 5) is 31.7. The van der Waals surface area contributed by atoms with E-state index in [2.05, 4.69) is 28.0 Å². The number of hydrogen-bond acceptors (Lipinski definition) is 5. The minimum atomic E-state index is -0.0387. The van der Waals surface area contributed by atoms with Crippen LogP contribution in [0.15, 0.2) is 42.5 Å². The number of aliphatic hydroxyl groups excluding tert-OH is 1. The number of likely N-dealkylation sites (tertiary alicyclic amines) is 1. The summed E-state index contributed by atoms with van der Waals surface area (Å²) in [6, 6.07) is 14.1. The number of nitrogens with zero attached hydrogens (tertiary/aromatic N) is 3. The molecule has 0 saturated carbocycles. The van der Waals surface area contributed by atoms with Crippen molar-refractivity contribution in [1.29, 1.82) is 0 Å². The second-order valence-electron chi connectivity index (χ2n) is 10.2. The molecular formula is C28H35N3O4. The molecule has 2 aromatic rings. The summed E-state index contributed by atoms with van der Waals surface area (Å²) in [7, 11) is 5.54. The van der Waals surface area contributed by atoms with Crippen molar-refractivity contribution in [1.82, 2.24) is 9.80 Å². The molecule has 2 saturated heterocycles. The van der Waals surface area contributed by atoms with Crippen LogP contribution in [0.2, 0.25) is 0 Å². The van der Waals surface area contributed by atoms with Crippen LogP contribution in [-0.2, 0) is 9.53 Å². The van der Waals surface area contributed by atoms with E-state index in [0.717, 1.165) is 48.2 Å². The van der Waals surface area contributed by atoms with Gasteiger partial charge in [0.05, 0.1) is 18.7 Å². The zero-order valence-electron chi connectivity index (χ0n) is 20.8. The Hall–Kier alpha value is -2.90. The van der Waals surface area contributed by atoms with E-state index in [1.807, 2.05) is 31.3 Å². The molecule has 0 unspecified atom stereocenters. The zero-order valence-corrected chi connectivity index (χ0v) is 20.8. The van der Waals surface area contributed by atoms with Gasteiger partial charge in [0.1, 0.15) is 0 Å². The minimum Gasteiger partial charge on any atom is -0.394 e. The molecule has 186 valence electrons. The number of carbonyl (C=O) groups excluding carboxylic acids is 2. The fraction of sp³-hybridized carbons (Fsp3) is 0.500. The van der Waals surface area contributed by atoms with Gasteiger partial charge in [0.2, 0.25) is 5.91 Å². The molecule has 0 aromatic heterocycles. The maximum Gasteiger partial charge on any atom is 0.253 e. The first-order chi connectivity index (χ1) is 16.9. The summed E-state index contributed by atoms with van der Waals surface area (Å²) in [5.74, 6) is 0.416. The van der Waals surface area contributed by atoms with Gasteiger partial charge in [-0.05, 0) is 60.2 Å². The van der Waals surface area contributed by atoms with Crippen molar-refractivity contribution >= 4 is 17.5 Å². The SMILES string of the molecule is CN(C)C(=O)c1ccc(-c2ccc3c(c2)[C@H]2[C@H](CCN2C(=O)C2CCOCC2)[C@H](CO)N3C)cc1. The quantitative estimate of drug-likeness (QED) is 0.732. The molecule has 2 fully saturated rings. The molecule has 3 atom stereocenters. The van der Waals surface area contributed by atoms with Crippen molar-refractivity contribution in [3.63, 3.8) is 0 Å². The highest BCUT2D eigenvalue weighted by Crippen LogP contribution is 2.50. The van der Waals surface area contributed by atoms with E-state index in [1.165, 1.54) is 0 Å². The lowest BCUT2D eigenvalue weighted by atomic mass is 9.80. The van der Waals surface area contributed by atoms with Crippen molar-refractivity contribution in [2.24, 2.45) is 11.8 Å². The highest BCUT2D eigenvalue weighted by atomic mass is 16.5. The van der Waals surface area contributed by atoms with E-state index in [1.54, 1.807) is 19.0 Å². The number of fused-ring (bicyclic) bond motifs is 3. The van der Waals surface area contributed by atoms with Crippen LogP contribution in [0.25, 0.3) is 11.1 Å². The molecule has 2 amide bonds. The number of rotatable bonds is 4. The molecule has 0 aliphatic carbocycles. The highest BCUT2D eigenvalue weighted by molar-refractivity contribution is 5.94. The highest BCUT2D eigenvalue weighted by Gasteiger charge is 2.48. The van der Waals surface area contributed by atoms with E-state index < -0.39 is 0 Å². The van der Waals surface area contributed by atoms with E-state index in [0.29, 0.717) is 18.8 Å². The molecule has 0 bridgehead atoms. The third-order valence-corrected chi connectivity index (χ3v) is 8.07. The van der Waals surface area contributed by atoms with Gasteiger partial charge in [0, 0.05) is 64.0 Å². The Morgan fingerprint density at radius 2 is 1.71 bits per heavy atom. The van der Waals surface area contributed by atoms with Gasteiger partial charge in [0.15, 0.2) is 0 Å². The largest absolute Gasteiger partial charge is 0.394 e. The van der Waals surface area contributed by atoms with Crippen molar-refractivity contribution in [2.45, 2.75) is 31.3 Å². The molecule has 3 heterocycles. The fourth-order valence-electron chi connectivity index (χ4n) is 6.12. The first-order valence-electron chi connectivity index (χ1n) is 12.6. The van der Waals surface area contributed by atoms with Gasteiger partial charge in [-0.15, -0.1) is 0 Å². The molecule has 3 aliphatic rings. The molecule has 0 radical (unpaired) electrons. The molecule has 0 spiro atoms. The molecule has 5 rings (SSSR count). The van der Waals surface area contributed by atoms with E-state index in [-0.39, 0.29) is 42.3 Å². The van der Waals surface area contributed by atoms with Crippen LogP contribution in [0, 0.1) is 11.8 Å². The lowest BCUT2D eigenvalue weighted by Crippen LogP contribution is -2.49. The van der Waals surface area contributed by atoms with Crippen LogP contribution in [0.4, 0.5) is 5.69 Å². The summed E-state index contributed by atoms with van der Waals surface area (Å²) in [5, 5.41) is 10.3. The number of amides is 2. The normalized spacial score (nSPS) is 24.2. The number of benzene rings is 2. The lowest BCUT2D eigenvalue weighted by molar-refractivity contribution is -0.140. The van der Waals surface area contributed by atoms with Crippen molar-refractivity contribution in [3.05, 3.63) is 53.6 Å². The Kier molecular flexibility index (Phi) is 6.55. The summed E-state index contributed by atoms with van der Waals surface area (Å²) in [6.45, 7) is 2.08. The molecule has 7 nitrogen and oxygen atoms in total. The lowest BCUT2D eigenvalue weighted by Gasteiger charge is -2.45. The Balaban J connectivity index is 1.51. The summed E-state index contributed by atoms with van der Waals surface area (Å²) < 4.78 is 5.49. The number of likely N-dealkylation sites (N-methyl/N-ethyl adjacent to an activating group) is 1. The maximum absolute atomic E-state index is 13.6. The summed E-state index contributed by atoms with van der Waals surface area (Å²) >= 11 is 0. The number of anilines is 1. The second kappa shape index (κ2) is 9.63. The number of ether oxygens (including phenoxy) is 1. The van der Waals surface area contributed by atoms with Gasteiger partial charge in [-0.25, -0.2) is 0 Å². The molecule has 35 heavy (non-hydrogen) atoms. The third kappa shape index (κ3) is 4.21. The predicted octanol–water partition coefficient (Wildman–Crippen LogP) is 3.18. The third-order valence-electron chi connectivity index (χ3n) is 8.07. The Labute approximate surface area is 207 Å². The molecule has 7 heteroatoms. The monoisotopic (exact) mass is 477 g/mol. The van der Waals surface area contributed by atoms with Gasteiger partial charge in [0.25, 0.3) is 5.91 Å². The van der Waals surface area contributed by atoms with Crippen LogP contribution >= 0.6 is 0 Å². The van der Waals surface area contributed by atoms with Crippen molar-refractivity contribution < 1.29 is 19.4 Å². The topological polar surface area (TPSA) is 73.3 Å². The van der Waals surface area contributed by atoms with Crippen LogP contribution in [0.3, 0.4) is 0 Å². The smallest absolute Gasteiger partial charge is 0.253 e. The van der Waals surface area contributed by atoms with Gasteiger partial charge >= 0.3 is 0 Å². The van der Waals surface area contributed by atoms with Crippen LogP contribution in [0.1, 0.15) is 41.2 Å². The second-order valence-corrected chi connectivity index (χ2v) is 10.2. The first kappa shape index (κ1) is 23.8. The molecule has 2 aromatic carbocycles. The average Bonchev–Trinajstić information content (AvgIpc) is 3.33. The van der Waals surface area contributed by atoms with Gasteiger partial charge in [-0.1, -0.05) is 18.2 Å². The standard InChI is InChI=1S/C28H35N3O4/c1-29(2)27(33)19-6-4-18(5-7-19)21-8-9-24-23(16-21)26-22(25(17-32)30(24)3)10-13-31(26)28(34)20-11-14-35-15-12-20/h4-9,16,20,22,25-26,32H,10-15,17H2,1-3H3/t22-,25+,26-/m1/s1.